The molecule has 0 aliphatic heterocycles. The number of carbonyl (C=O) groups is 1. The van der Waals surface area contributed by atoms with E-state index < -0.39 is 0 Å². The molecule has 0 atom stereocenters. The fourth-order valence-corrected chi connectivity index (χ4v) is 1.36. The minimum atomic E-state index is -0.163. The Morgan fingerprint density at radius 1 is 1.53 bits per heavy atom. The zero-order valence-corrected chi connectivity index (χ0v) is 9.33. The number of rotatable bonds is 4. The number of nitrogens with zero attached hydrogens (tertiary/aromatic N) is 3. The van der Waals surface area contributed by atoms with Crippen molar-refractivity contribution in [2.75, 3.05) is 12.4 Å². The highest BCUT2D eigenvalue weighted by Gasteiger charge is 2.04. The van der Waals surface area contributed by atoms with Gasteiger partial charge >= 0.3 is 0 Å². The first-order chi connectivity index (χ1) is 8.28. The predicted octanol–water partition coefficient (Wildman–Crippen LogP) is 0.925. The summed E-state index contributed by atoms with van der Waals surface area (Å²) in [6, 6.07) is 7.16. The zero-order chi connectivity index (χ0) is 12.1. The van der Waals surface area contributed by atoms with Crippen LogP contribution in [0, 0.1) is 0 Å². The summed E-state index contributed by atoms with van der Waals surface area (Å²) in [5.74, 6) is 0.535. The van der Waals surface area contributed by atoms with Crippen LogP contribution in [0.5, 0.6) is 5.75 Å². The molecule has 0 spiro atoms. The van der Waals surface area contributed by atoms with Crippen LogP contribution < -0.4 is 10.1 Å². The van der Waals surface area contributed by atoms with Gasteiger partial charge in [0.1, 0.15) is 24.9 Å². The van der Waals surface area contributed by atoms with E-state index in [4.69, 9.17) is 4.74 Å². The van der Waals surface area contributed by atoms with Crippen molar-refractivity contribution in [2.45, 2.75) is 6.54 Å². The lowest BCUT2D eigenvalue weighted by molar-refractivity contribution is -0.116. The summed E-state index contributed by atoms with van der Waals surface area (Å²) >= 11 is 0. The highest BCUT2D eigenvalue weighted by atomic mass is 16.5. The number of hydrogen-bond acceptors (Lipinski definition) is 4. The highest BCUT2D eigenvalue weighted by molar-refractivity contribution is 5.90. The van der Waals surface area contributed by atoms with Crippen LogP contribution in [0.2, 0.25) is 0 Å². The molecule has 2 rings (SSSR count). The van der Waals surface area contributed by atoms with Gasteiger partial charge in [-0.25, -0.2) is 9.67 Å². The fourth-order valence-electron chi connectivity index (χ4n) is 1.36. The van der Waals surface area contributed by atoms with E-state index in [0.29, 0.717) is 11.4 Å². The summed E-state index contributed by atoms with van der Waals surface area (Å²) in [6.07, 6.45) is 2.88. The zero-order valence-electron chi connectivity index (χ0n) is 9.33. The summed E-state index contributed by atoms with van der Waals surface area (Å²) in [5.41, 5.74) is 0.689. The largest absolute Gasteiger partial charge is 0.497 e. The number of ether oxygens (including phenoxy) is 1. The van der Waals surface area contributed by atoms with E-state index in [9.17, 15) is 4.79 Å². The van der Waals surface area contributed by atoms with Gasteiger partial charge in [-0.15, -0.1) is 0 Å². The van der Waals surface area contributed by atoms with E-state index in [1.165, 1.54) is 17.3 Å². The number of hydrogen-bond donors (Lipinski definition) is 1. The summed E-state index contributed by atoms with van der Waals surface area (Å²) in [6.45, 7) is 0.136. The van der Waals surface area contributed by atoms with Gasteiger partial charge in [0, 0.05) is 11.8 Å². The number of amides is 1. The predicted molar refractivity (Wildman–Crippen MR) is 61.6 cm³/mol. The Labute approximate surface area is 98.2 Å². The Balaban J connectivity index is 1.98. The third kappa shape index (κ3) is 3.04. The summed E-state index contributed by atoms with van der Waals surface area (Å²) < 4.78 is 6.52. The van der Waals surface area contributed by atoms with Crippen LogP contribution in [0.1, 0.15) is 0 Å². The average molecular weight is 232 g/mol. The van der Waals surface area contributed by atoms with E-state index >= 15 is 0 Å². The van der Waals surface area contributed by atoms with Gasteiger partial charge in [-0.3, -0.25) is 4.79 Å². The van der Waals surface area contributed by atoms with Crippen LogP contribution in [0.4, 0.5) is 5.69 Å². The lowest BCUT2D eigenvalue weighted by Crippen LogP contribution is -2.18. The van der Waals surface area contributed by atoms with Gasteiger partial charge in [-0.2, -0.15) is 5.10 Å². The molecule has 1 aromatic carbocycles. The lowest BCUT2D eigenvalue weighted by Gasteiger charge is -2.06. The average Bonchev–Trinajstić information content (AvgIpc) is 2.82. The Hall–Kier alpha value is -2.37. The Morgan fingerprint density at radius 2 is 2.41 bits per heavy atom. The second-order valence-corrected chi connectivity index (χ2v) is 3.37. The monoisotopic (exact) mass is 232 g/mol. The van der Waals surface area contributed by atoms with E-state index in [0.717, 1.165) is 0 Å². The summed E-state index contributed by atoms with van der Waals surface area (Å²) in [4.78, 5) is 15.4. The molecule has 0 aliphatic carbocycles. The van der Waals surface area contributed by atoms with E-state index in [1.807, 2.05) is 12.1 Å². The minimum Gasteiger partial charge on any atom is -0.497 e. The van der Waals surface area contributed by atoms with Crippen LogP contribution in [-0.4, -0.2) is 27.8 Å². The summed E-state index contributed by atoms with van der Waals surface area (Å²) in [5, 5.41) is 6.60. The topological polar surface area (TPSA) is 69.0 Å². The van der Waals surface area contributed by atoms with Crippen LogP contribution in [0.15, 0.2) is 36.9 Å². The maximum Gasteiger partial charge on any atom is 0.246 e. The Kier molecular flexibility index (Phi) is 3.34. The van der Waals surface area contributed by atoms with Crippen molar-refractivity contribution in [1.82, 2.24) is 14.8 Å². The molecule has 1 N–H and O–H groups in total. The third-order valence-corrected chi connectivity index (χ3v) is 2.13. The molecule has 1 aromatic heterocycles. The molecule has 88 valence electrons. The summed E-state index contributed by atoms with van der Waals surface area (Å²) in [7, 11) is 1.58. The number of anilines is 1. The molecule has 0 bridgehead atoms. The number of aromatic nitrogens is 3. The van der Waals surface area contributed by atoms with Crippen molar-refractivity contribution in [2.24, 2.45) is 0 Å². The Bertz CT molecular complexity index is 496. The van der Waals surface area contributed by atoms with Crippen molar-refractivity contribution in [3.8, 4) is 5.75 Å². The molecule has 2 aromatic rings. The van der Waals surface area contributed by atoms with Gasteiger partial charge in [-0.1, -0.05) is 6.07 Å². The molecule has 17 heavy (non-hydrogen) atoms. The molecular formula is C11H12N4O2. The van der Waals surface area contributed by atoms with Crippen molar-refractivity contribution in [3.63, 3.8) is 0 Å². The molecule has 0 unspecified atom stereocenters. The quantitative estimate of drug-likeness (QED) is 0.851. The van der Waals surface area contributed by atoms with E-state index in [-0.39, 0.29) is 12.5 Å². The molecule has 0 fully saturated rings. The maximum atomic E-state index is 11.6. The molecule has 0 aliphatic rings. The SMILES string of the molecule is COc1cccc(NC(=O)Cn2cncn2)c1. The highest BCUT2D eigenvalue weighted by Crippen LogP contribution is 2.16. The lowest BCUT2D eigenvalue weighted by atomic mass is 10.3. The number of benzene rings is 1. The molecule has 0 saturated heterocycles. The molecule has 0 saturated carbocycles. The first kappa shape index (κ1) is 11.1. The van der Waals surface area contributed by atoms with E-state index in [2.05, 4.69) is 15.4 Å². The first-order valence-electron chi connectivity index (χ1n) is 5.04. The number of carbonyl (C=O) groups excluding carboxylic acids is 1. The van der Waals surface area contributed by atoms with Crippen molar-refractivity contribution >= 4 is 11.6 Å². The van der Waals surface area contributed by atoms with Crippen LogP contribution in [0.3, 0.4) is 0 Å². The first-order valence-corrected chi connectivity index (χ1v) is 5.04. The molecule has 6 heteroatoms. The van der Waals surface area contributed by atoms with Gasteiger partial charge in [0.25, 0.3) is 0 Å². The van der Waals surface area contributed by atoms with Crippen LogP contribution >= 0.6 is 0 Å². The second kappa shape index (κ2) is 5.11. The van der Waals surface area contributed by atoms with Gasteiger partial charge < -0.3 is 10.1 Å². The third-order valence-electron chi connectivity index (χ3n) is 2.13. The minimum absolute atomic E-state index is 0.136. The normalized spacial score (nSPS) is 9.94. The van der Waals surface area contributed by atoms with Gasteiger partial charge in [-0.05, 0) is 12.1 Å². The smallest absolute Gasteiger partial charge is 0.246 e. The van der Waals surface area contributed by atoms with Crippen molar-refractivity contribution in [3.05, 3.63) is 36.9 Å². The van der Waals surface area contributed by atoms with Gasteiger partial charge in [0.2, 0.25) is 5.91 Å². The molecule has 1 heterocycles. The second-order valence-electron chi connectivity index (χ2n) is 3.37. The number of nitrogens with one attached hydrogen (secondary N) is 1. The Morgan fingerprint density at radius 3 is 3.12 bits per heavy atom. The maximum absolute atomic E-state index is 11.6. The molecule has 6 nitrogen and oxygen atoms in total. The standard InChI is InChI=1S/C11H12N4O2/c1-17-10-4-2-3-9(5-10)14-11(16)6-15-8-12-7-13-15/h2-5,7-8H,6H2,1H3,(H,14,16). The van der Waals surface area contributed by atoms with Crippen LogP contribution in [0.25, 0.3) is 0 Å². The molecule has 1 amide bonds. The van der Waals surface area contributed by atoms with Crippen LogP contribution in [-0.2, 0) is 11.3 Å². The number of methoxy groups -OCH3 is 1. The van der Waals surface area contributed by atoms with Crippen molar-refractivity contribution < 1.29 is 9.53 Å². The molecule has 0 radical (unpaired) electrons. The van der Waals surface area contributed by atoms with Gasteiger partial charge in [0.15, 0.2) is 0 Å². The van der Waals surface area contributed by atoms with Crippen molar-refractivity contribution in [1.29, 1.82) is 0 Å². The van der Waals surface area contributed by atoms with E-state index in [1.54, 1.807) is 19.2 Å². The molecular weight excluding hydrogens is 220 g/mol. The van der Waals surface area contributed by atoms with Gasteiger partial charge in [0.05, 0.1) is 7.11 Å². The fraction of sp³-hybridized carbons (Fsp3) is 0.182.